The number of allylic oxidation sites excluding steroid dienone is 3. The van der Waals surface area contributed by atoms with Gasteiger partial charge in [-0.3, -0.25) is 0 Å². The monoisotopic (exact) mass is 208 g/mol. The molecule has 1 fully saturated rings. The Labute approximate surface area is 91.9 Å². The minimum atomic E-state index is 0.528. The Bertz CT molecular complexity index is 263. The summed E-state index contributed by atoms with van der Waals surface area (Å²) in [7, 11) is 0. The molecule has 0 radical (unpaired) electrons. The van der Waals surface area contributed by atoms with Crippen LogP contribution in [0.2, 0.25) is 0 Å². The van der Waals surface area contributed by atoms with Crippen LogP contribution in [0.5, 0.6) is 0 Å². The Hall–Kier alpha value is -1.06. The van der Waals surface area contributed by atoms with E-state index >= 15 is 0 Å². The zero-order chi connectivity index (χ0) is 11.1. The van der Waals surface area contributed by atoms with Crippen molar-refractivity contribution in [3.05, 3.63) is 36.1 Å². The average Bonchev–Trinajstić information content (AvgIpc) is 2.31. The number of rotatable bonds is 4. The molecule has 0 aromatic heterocycles. The van der Waals surface area contributed by atoms with Gasteiger partial charge in [0.2, 0.25) is 0 Å². The Kier molecular flexibility index (Phi) is 5.15. The molecule has 0 amide bonds. The van der Waals surface area contributed by atoms with Crippen LogP contribution in [0.25, 0.3) is 0 Å². The summed E-state index contributed by atoms with van der Waals surface area (Å²) in [5.74, 6) is 0. The fourth-order valence-electron chi connectivity index (χ4n) is 1.53. The maximum atomic E-state index is 5.70. The highest BCUT2D eigenvalue weighted by Crippen LogP contribution is 2.14. The van der Waals surface area contributed by atoms with E-state index in [2.05, 4.69) is 11.5 Å². The van der Waals surface area contributed by atoms with Gasteiger partial charge in [0.1, 0.15) is 0 Å². The van der Waals surface area contributed by atoms with E-state index in [0.29, 0.717) is 6.54 Å². The molecule has 0 aromatic rings. The Balaban J connectivity index is 2.62. The predicted molar refractivity (Wildman–Crippen MR) is 63.5 cm³/mol. The van der Waals surface area contributed by atoms with Crippen molar-refractivity contribution in [3.63, 3.8) is 0 Å². The minimum absolute atomic E-state index is 0.528. The van der Waals surface area contributed by atoms with E-state index in [1.165, 1.54) is 0 Å². The zero-order valence-corrected chi connectivity index (χ0v) is 9.41. The molecule has 0 atom stereocenters. The van der Waals surface area contributed by atoms with Gasteiger partial charge in [-0.15, -0.1) is 0 Å². The summed E-state index contributed by atoms with van der Waals surface area (Å²) in [6, 6.07) is 0. The van der Waals surface area contributed by atoms with Crippen LogP contribution in [0.4, 0.5) is 0 Å². The highest BCUT2D eigenvalue weighted by atomic mass is 16.5. The summed E-state index contributed by atoms with van der Waals surface area (Å²) in [6.07, 6.45) is 6.01. The van der Waals surface area contributed by atoms with Crippen molar-refractivity contribution in [2.45, 2.75) is 6.92 Å². The van der Waals surface area contributed by atoms with Gasteiger partial charge < -0.3 is 15.4 Å². The van der Waals surface area contributed by atoms with Crippen LogP contribution in [0, 0.1) is 0 Å². The number of hydrogen-bond donors (Lipinski definition) is 1. The third-order valence-electron chi connectivity index (χ3n) is 2.47. The van der Waals surface area contributed by atoms with Crippen molar-refractivity contribution < 1.29 is 4.74 Å². The number of morpholine rings is 1. The van der Waals surface area contributed by atoms with E-state index in [1.807, 2.05) is 25.2 Å². The van der Waals surface area contributed by atoms with Crippen molar-refractivity contribution in [1.82, 2.24) is 4.90 Å². The van der Waals surface area contributed by atoms with E-state index in [-0.39, 0.29) is 0 Å². The largest absolute Gasteiger partial charge is 0.378 e. The predicted octanol–water partition coefficient (Wildman–Crippen LogP) is 1.29. The van der Waals surface area contributed by atoms with Crippen molar-refractivity contribution in [2.75, 3.05) is 32.8 Å². The second-order valence-electron chi connectivity index (χ2n) is 3.47. The summed E-state index contributed by atoms with van der Waals surface area (Å²) in [4.78, 5) is 2.23. The molecule has 0 aromatic carbocycles. The highest BCUT2D eigenvalue weighted by molar-refractivity contribution is 5.31. The summed E-state index contributed by atoms with van der Waals surface area (Å²) < 4.78 is 5.30. The first-order chi connectivity index (χ1) is 7.29. The van der Waals surface area contributed by atoms with Gasteiger partial charge in [0.25, 0.3) is 0 Å². The lowest BCUT2D eigenvalue weighted by Crippen LogP contribution is -2.36. The fourth-order valence-corrected chi connectivity index (χ4v) is 1.53. The van der Waals surface area contributed by atoms with Gasteiger partial charge in [-0.1, -0.05) is 24.8 Å². The molecule has 1 saturated heterocycles. The number of ether oxygens (including phenoxy) is 1. The van der Waals surface area contributed by atoms with Gasteiger partial charge in [-0.2, -0.15) is 0 Å². The highest BCUT2D eigenvalue weighted by Gasteiger charge is 2.13. The lowest BCUT2D eigenvalue weighted by atomic mass is 10.1. The van der Waals surface area contributed by atoms with Crippen LogP contribution in [0.15, 0.2) is 36.1 Å². The molecule has 1 aliphatic heterocycles. The fraction of sp³-hybridized carbons (Fsp3) is 0.500. The second-order valence-corrected chi connectivity index (χ2v) is 3.47. The Morgan fingerprint density at radius 2 is 2.13 bits per heavy atom. The molecule has 0 spiro atoms. The normalized spacial score (nSPS) is 18.5. The molecule has 2 N–H and O–H groups in total. The van der Waals surface area contributed by atoms with Gasteiger partial charge >= 0.3 is 0 Å². The third-order valence-corrected chi connectivity index (χ3v) is 2.47. The van der Waals surface area contributed by atoms with Gasteiger partial charge in [0.15, 0.2) is 0 Å². The van der Waals surface area contributed by atoms with E-state index < -0.39 is 0 Å². The summed E-state index contributed by atoms with van der Waals surface area (Å²) in [5, 5.41) is 0. The van der Waals surface area contributed by atoms with Crippen LogP contribution in [-0.2, 0) is 4.74 Å². The summed E-state index contributed by atoms with van der Waals surface area (Å²) >= 11 is 0. The van der Waals surface area contributed by atoms with E-state index in [1.54, 1.807) is 0 Å². The molecule has 3 heteroatoms. The molecule has 1 rings (SSSR count). The molecule has 3 nitrogen and oxygen atoms in total. The minimum Gasteiger partial charge on any atom is -0.378 e. The molecular weight excluding hydrogens is 188 g/mol. The molecule has 0 saturated carbocycles. The quantitative estimate of drug-likeness (QED) is 0.708. The maximum absolute atomic E-state index is 5.70. The van der Waals surface area contributed by atoms with Gasteiger partial charge in [0, 0.05) is 25.3 Å². The molecule has 1 aliphatic rings. The lowest BCUT2D eigenvalue weighted by molar-refractivity contribution is 0.0549. The zero-order valence-electron chi connectivity index (χ0n) is 9.41. The number of nitrogens with two attached hydrogens (primary N) is 1. The van der Waals surface area contributed by atoms with Crippen molar-refractivity contribution in [2.24, 2.45) is 5.73 Å². The first-order valence-electron chi connectivity index (χ1n) is 5.33. The van der Waals surface area contributed by atoms with Crippen LogP contribution in [0.1, 0.15) is 6.92 Å². The number of nitrogens with zero attached hydrogens (tertiary/aromatic N) is 1. The third kappa shape index (κ3) is 3.53. The van der Waals surface area contributed by atoms with Gasteiger partial charge in [-0.25, -0.2) is 0 Å². The SMILES string of the molecule is C=C(/C(=C\C=C/C)CN)N1CCOCC1. The van der Waals surface area contributed by atoms with Crippen LogP contribution in [0.3, 0.4) is 0 Å². The Morgan fingerprint density at radius 1 is 1.47 bits per heavy atom. The summed E-state index contributed by atoms with van der Waals surface area (Å²) in [5.41, 5.74) is 7.82. The molecule has 1 heterocycles. The Morgan fingerprint density at radius 3 is 2.67 bits per heavy atom. The molecular formula is C12H20N2O. The molecule has 84 valence electrons. The van der Waals surface area contributed by atoms with Gasteiger partial charge in [-0.05, 0) is 12.5 Å². The standard InChI is InChI=1S/C12H20N2O/c1-3-4-5-12(10-13)11(2)14-6-8-15-9-7-14/h3-5H,2,6-10,13H2,1H3/b4-3-,12-5-. The lowest BCUT2D eigenvalue weighted by Gasteiger charge is -2.31. The van der Waals surface area contributed by atoms with Crippen LogP contribution in [-0.4, -0.2) is 37.7 Å². The topological polar surface area (TPSA) is 38.5 Å². The summed E-state index contributed by atoms with van der Waals surface area (Å²) in [6.45, 7) is 9.98. The molecule has 0 aliphatic carbocycles. The van der Waals surface area contributed by atoms with Crippen molar-refractivity contribution >= 4 is 0 Å². The smallest absolute Gasteiger partial charge is 0.0642 e. The molecule has 15 heavy (non-hydrogen) atoms. The van der Waals surface area contributed by atoms with Crippen LogP contribution < -0.4 is 5.73 Å². The average molecular weight is 208 g/mol. The molecule has 0 unspecified atom stereocenters. The maximum Gasteiger partial charge on any atom is 0.0642 e. The van der Waals surface area contributed by atoms with E-state index in [9.17, 15) is 0 Å². The van der Waals surface area contributed by atoms with Crippen molar-refractivity contribution in [3.8, 4) is 0 Å². The number of hydrogen-bond acceptors (Lipinski definition) is 3. The first-order valence-corrected chi connectivity index (χ1v) is 5.33. The van der Waals surface area contributed by atoms with Gasteiger partial charge in [0.05, 0.1) is 13.2 Å². The van der Waals surface area contributed by atoms with Crippen molar-refractivity contribution in [1.29, 1.82) is 0 Å². The first kappa shape index (κ1) is 12.0. The van der Waals surface area contributed by atoms with E-state index in [4.69, 9.17) is 10.5 Å². The second kappa shape index (κ2) is 6.43. The van der Waals surface area contributed by atoms with Crippen LogP contribution >= 0.6 is 0 Å². The van der Waals surface area contributed by atoms with E-state index in [0.717, 1.165) is 37.6 Å². The molecule has 0 bridgehead atoms.